The van der Waals surface area contributed by atoms with Gasteiger partial charge < -0.3 is 15.8 Å². The fourth-order valence-corrected chi connectivity index (χ4v) is 2.86. The molecular weight excluding hydrogens is 380 g/mol. The van der Waals surface area contributed by atoms with Crippen molar-refractivity contribution in [2.24, 2.45) is 5.73 Å². The summed E-state index contributed by atoms with van der Waals surface area (Å²) in [5.74, 6) is -0.733. The maximum Gasteiger partial charge on any atom is 0.307 e. The summed E-state index contributed by atoms with van der Waals surface area (Å²) >= 11 is 6.73. The van der Waals surface area contributed by atoms with Crippen LogP contribution in [0.25, 0.3) is 0 Å². The molecule has 0 saturated carbocycles. The average molecular weight is 394 g/mol. The van der Waals surface area contributed by atoms with Gasteiger partial charge in [-0.15, -0.1) is 0 Å². The van der Waals surface area contributed by atoms with E-state index in [1.54, 1.807) is 0 Å². The Balaban J connectivity index is 2.99. The lowest BCUT2D eigenvalue weighted by molar-refractivity contribution is -0.141. The number of carbonyl (C=O) groups excluding carboxylic acids is 2. The summed E-state index contributed by atoms with van der Waals surface area (Å²) < 4.78 is 6.32. The number of rotatable bonds is 5. The third-order valence-electron chi connectivity index (χ3n) is 2.41. The topological polar surface area (TPSA) is 81.4 Å². The molecule has 7 heteroatoms. The lowest BCUT2D eigenvalue weighted by Gasteiger charge is -2.18. The molecule has 1 aromatic rings. The quantitative estimate of drug-likeness (QED) is 0.748. The Labute approximate surface area is 128 Å². The molecule has 0 aliphatic carbocycles. The number of methoxy groups -OCH3 is 1. The molecule has 0 unspecified atom stereocenters. The molecule has 1 atom stereocenters. The summed E-state index contributed by atoms with van der Waals surface area (Å²) in [6.07, 6.45) is 0.0468. The van der Waals surface area contributed by atoms with Gasteiger partial charge >= 0.3 is 5.97 Å². The predicted octanol–water partition coefficient (Wildman–Crippen LogP) is 1.89. The normalized spacial score (nSPS) is 11.8. The minimum atomic E-state index is -0.475. The standard InChI is InChI=1S/C12H14Br2N2O3/c1-19-12(18)5-10(16-11(17)6-15)7-2-8(13)4-9(14)3-7/h2-4,10H,5-6,15H2,1H3,(H,16,17)/t10-/m0/s1. The summed E-state index contributed by atoms with van der Waals surface area (Å²) in [5, 5.41) is 2.70. The maximum atomic E-state index is 11.4. The van der Waals surface area contributed by atoms with Gasteiger partial charge in [0.15, 0.2) is 0 Å². The van der Waals surface area contributed by atoms with E-state index in [0.29, 0.717) is 0 Å². The Morgan fingerprint density at radius 3 is 2.37 bits per heavy atom. The van der Waals surface area contributed by atoms with Crippen molar-refractivity contribution in [1.29, 1.82) is 0 Å². The molecule has 0 saturated heterocycles. The molecule has 0 aromatic heterocycles. The Morgan fingerprint density at radius 1 is 1.32 bits per heavy atom. The number of nitrogens with two attached hydrogens (primary N) is 1. The lowest BCUT2D eigenvalue weighted by atomic mass is 10.0. The third-order valence-corrected chi connectivity index (χ3v) is 3.32. The minimum absolute atomic E-state index is 0.0468. The molecule has 1 amide bonds. The van der Waals surface area contributed by atoms with Crippen LogP contribution in [0.15, 0.2) is 27.1 Å². The van der Waals surface area contributed by atoms with E-state index < -0.39 is 12.0 Å². The first-order valence-corrected chi connectivity index (χ1v) is 7.07. The van der Waals surface area contributed by atoms with Crippen molar-refractivity contribution < 1.29 is 14.3 Å². The van der Waals surface area contributed by atoms with E-state index in [9.17, 15) is 9.59 Å². The van der Waals surface area contributed by atoms with Crippen molar-refractivity contribution in [3.63, 3.8) is 0 Å². The van der Waals surface area contributed by atoms with Gasteiger partial charge in [0.05, 0.1) is 26.1 Å². The van der Waals surface area contributed by atoms with Crippen molar-refractivity contribution >= 4 is 43.7 Å². The summed E-state index contributed by atoms with van der Waals surface area (Å²) in [4.78, 5) is 22.8. The highest BCUT2D eigenvalue weighted by Gasteiger charge is 2.19. The van der Waals surface area contributed by atoms with Gasteiger partial charge in [0, 0.05) is 8.95 Å². The molecule has 0 radical (unpaired) electrons. The highest BCUT2D eigenvalue weighted by atomic mass is 79.9. The Kier molecular flexibility index (Phi) is 6.47. The van der Waals surface area contributed by atoms with Gasteiger partial charge in [-0.3, -0.25) is 9.59 Å². The summed E-state index contributed by atoms with van der Waals surface area (Å²) in [6.45, 7) is -0.132. The smallest absolute Gasteiger partial charge is 0.307 e. The Morgan fingerprint density at radius 2 is 1.89 bits per heavy atom. The van der Waals surface area contributed by atoms with Gasteiger partial charge in [-0.1, -0.05) is 31.9 Å². The number of halogens is 2. The predicted molar refractivity (Wildman–Crippen MR) is 78.4 cm³/mol. The highest BCUT2D eigenvalue weighted by Crippen LogP contribution is 2.26. The fraction of sp³-hybridized carbons (Fsp3) is 0.333. The molecule has 3 N–H and O–H groups in total. The van der Waals surface area contributed by atoms with Crippen molar-refractivity contribution in [1.82, 2.24) is 5.32 Å². The van der Waals surface area contributed by atoms with Gasteiger partial charge in [-0.25, -0.2) is 0 Å². The van der Waals surface area contributed by atoms with Crippen LogP contribution >= 0.6 is 31.9 Å². The number of hydrogen-bond acceptors (Lipinski definition) is 4. The van der Waals surface area contributed by atoms with Crippen LogP contribution in [0.5, 0.6) is 0 Å². The van der Waals surface area contributed by atoms with Crippen molar-refractivity contribution in [2.45, 2.75) is 12.5 Å². The molecule has 104 valence electrons. The molecule has 1 aromatic carbocycles. The first-order chi connectivity index (χ1) is 8.96. The zero-order valence-electron chi connectivity index (χ0n) is 10.3. The molecule has 0 aliphatic heterocycles. The second-order valence-corrected chi connectivity index (χ2v) is 5.64. The lowest BCUT2D eigenvalue weighted by Crippen LogP contribution is -2.35. The van der Waals surface area contributed by atoms with Crippen molar-refractivity contribution in [3.8, 4) is 0 Å². The van der Waals surface area contributed by atoms with E-state index in [2.05, 4.69) is 41.9 Å². The molecule has 1 rings (SSSR count). The van der Waals surface area contributed by atoms with E-state index in [1.165, 1.54) is 7.11 Å². The van der Waals surface area contributed by atoms with E-state index in [-0.39, 0.29) is 18.9 Å². The fourth-order valence-electron chi connectivity index (χ4n) is 1.53. The summed E-state index contributed by atoms with van der Waals surface area (Å²) in [6, 6.07) is 5.05. The summed E-state index contributed by atoms with van der Waals surface area (Å²) in [5.41, 5.74) is 6.06. The van der Waals surface area contributed by atoms with Crippen LogP contribution in [0.4, 0.5) is 0 Å². The third kappa shape index (κ3) is 5.30. The number of esters is 1. The first kappa shape index (κ1) is 16.1. The largest absolute Gasteiger partial charge is 0.469 e. The number of hydrogen-bond donors (Lipinski definition) is 2. The SMILES string of the molecule is COC(=O)C[C@H](NC(=O)CN)c1cc(Br)cc(Br)c1. The molecule has 0 aliphatic rings. The molecule has 5 nitrogen and oxygen atoms in total. The van der Waals surface area contributed by atoms with Crippen molar-refractivity contribution in [2.75, 3.05) is 13.7 Å². The van der Waals surface area contributed by atoms with Crippen LogP contribution in [0.3, 0.4) is 0 Å². The van der Waals surface area contributed by atoms with Gasteiger partial charge in [-0.05, 0) is 23.8 Å². The van der Waals surface area contributed by atoms with Gasteiger partial charge in [0.1, 0.15) is 0 Å². The van der Waals surface area contributed by atoms with E-state index in [4.69, 9.17) is 5.73 Å². The van der Waals surface area contributed by atoms with E-state index in [1.807, 2.05) is 18.2 Å². The van der Waals surface area contributed by atoms with E-state index in [0.717, 1.165) is 14.5 Å². The second kappa shape index (κ2) is 7.62. The van der Waals surface area contributed by atoms with Crippen LogP contribution < -0.4 is 11.1 Å². The van der Waals surface area contributed by atoms with Crippen LogP contribution in [0.2, 0.25) is 0 Å². The molecule has 0 bridgehead atoms. The van der Waals surface area contributed by atoms with Crippen molar-refractivity contribution in [3.05, 3.63) is 32.7 Å². The van der Waals surface area contributed by atoms with Crippen LogP contribution in [0.1, 0.15) is 18.0 Å². The number of carbonyl (C=O) groups is 2. The minimum Gasteiger partial charge on any atom is -0.469 e. The molecule has 19 heavy (non-hydrogen) atoms. The average Bonchev–Trinajstić information content (AvgIpc) is 2.36. The number of benzene rings is 1. The monoisotopic (exact) mass is 392 g/mol. The number of nitrogens with one attached hydrogen (secondary N) is 1. The first-order valence-electron chi connectivity index (χ1n) is 5.48. The number of amides is 1. The van der Waals surface area contributed by atoms with Gasteiger partial charge in [0.2, 0.25) is 5.91 Å². The Bertz CT molecular complexity index is 442. The van der Waals surface area contributed by atoms with Crippen LogP contribution in [-0.4, -0.2) is 25.5 Å². The molecular formula is C12H14Br2N2O3. The Hall–Kier alpha value is -0.920. The molecule has 0 spiro atoms. The second-order valence-electron chi connectivity index (χ2n) is 3.81. The number of ether oxygens (including phenoxy) is 1. The zero-order chi connectivity index (χ0) is 14.4. The van der Waals surface area contributed by atoms with E-state index >= 15 is 0 Å². The van der Waals surface area contributed by atoms with Crippen LogP contribution in [-0.2, 0) is 14.3 Å². The zero-order valence-corrected chi connectivity index (χ0v) is 13.5. The highest BCUT2D eigenvalue weighted by molar-refractivity contribution is 9.11. The van der Waals surface area contributed by atoms with Gasteiger partial charge in [0.25, 0.3) is 0 Å². The molecule has 0 fully saturated rings. The molecule has 0 heterocycles. The van der Waals surface area contributed by atoms with Gasteiger partial charge in [-0.2, -0.15) is 0 Å². The summed E-state index contributed by atoms with van der Waals surface area (Å²) in [7, 11) is 1.31. The van der Waals surface area contributed by atoms with Crippen LogP contribution in [0, 0.1) is 0 Å². The maximum absolute atomic E-state index is 11.4.